The molecule has 0 saturated heterocycles. The number of pyridine rings is 1. The molecule has 0 saturated carbocycles. The number of rotatable bonds is 2. The standard InChI is InChI=1S/C8H7N3OS/c12-8-11(10-6-13-8)5-7-3-1-2-4-9-7/h1-4,6H,5H2. The van der Waals surface area contributed by atoms with Crippen LogP contribution in [0.15, 0.2) is 34.7 Å². The molecule has 4 nitrogen and oxygen atoms in total. The molecule has 0 amide bonds. The molecule has 2 aromatic heterocycles. The van der Waals surface area contributed by atoms with E-state index in [0.717, 1.165) is 17.0 Å². The Balaban J connectivity index is 2.25. The van der Waals surface area contributed by atoms with Crippen LogP contribution in [0.25, 0.3) is 0 Å². The molecule has 2 aromatic rings. The van der Waals surface area contributed by atoms with E-state index in [1.165, 1.54) is 10.2 Å². The molecular weight excluding hydrogens is 186 g/mol. The van der Waals surface area contributed by atoms with Crippen molar-refractivity contribution < 1.29 is 0 Å². The lowest BCUT2D eigenvalue weighted by molar-refractivity contribution is 0.653. The highest BCUT2D eigenvalue weighted by atomic mass is 32.1. The van der Waals surface area contributed by atoms with Gasteiger partial charge in [0.2, 0.25) is 0 Å². The van der Waals surface area contributed by atoms with Crippen LogP contribution in [0.4, 0.5) is 0 Å². The summed E-state index contributed by atoms with van der Waals surface area (Å²) >= 11 is 1.09. The van der Waals surface area contributed by atoms with Crippen molar-refractivity contribution in [2.45, 2.75) is 6.54 Å². The number of nitrogens with zero attached hydrogens (tertiary/aromatic N) is 3. The molecule has 0 N–H and O–H groups in total. The monoisotopic (exact) mass is 193 g/mol. The molecule has 2 heterocycles. The fraction of sp³-hybridized carbons (Fsp3) is 0.125. The summed E-state index contributed by atoms with van der Waals surface area (Å²) in [6.07, 6.45) is 1.70. The van der Waals surface area contributed by atoms with Crippen LogP contribution in [0.1, 0.15) is 5.69 Å². The third-order valence-corrected chi connectivity index (χ3v) is 2.20. The van der Waals surface area contributed by atoms with E-state index in [2.05, 4.69) is 10.1 Å². The minimum absolute atomic E-state index is 0.0503. The highest BCUT2D eigenvalue weighted by Gasteiger charge is 1.99. The first kappa shape index (κ1) is 8.12. The average Bonchev–Trinajstić information content (AvgIpc) is 2.54. The first-order valence-electron chi connectivity index (χ1n) is 3.77. The van der Waals surface area contributed by atoms with Gasteiger partial charge in [-0.3, -0.25) is 9.78 Å². The molecule has 0 bridgehead atoms. The maximum atomic E-state index is 11.1. The molecule has 0 aromatic carbocycles. The molecule has 0 atom stereocenters. The van der Waals surface area contributed by atoms with Gasteiger partial charge in [-0.05, 0) is 12.1 Å². The fourth-order valence-corrected chi connectivity index (χ4v) is 1.47. The normalized spacial score (nSPS) is 10.2. The Bertz CT molecular complexity index is 434. The van der Waals surface area contributed by atoms with Gasteiger partial charge in [-0.25, -0.2) is 4.68 Å². The van der Waals surface area contributed by atoms with Crippen LogP contribution < -0.4 is 4.87 Å². The first-order chi connectivity index (χ1) is 6.36. The summed E-state index contributed by atoms with van der Waals surface area (Å²) in [5.74, 6) is 0. The van der Waals surface area contributed by atoms with Gasteiger partial charge in [0.25, 0.3) is 0 Å². The van der Waals surface area contributed by atoms with E-state index in [1.54, 1.807) is 6.20 Å². The Kier molecular flexibility index (Phi) is 2.18. The topological polar surface area (TPSA) is 47.8 Å². The van der Waals surface area contributed by atoms with Gasteiger partial charge in [0.15, 0.2) is 0 Å². The Labute approximate surface area is 78.5 Å². The molecule has 13 heavy (non-hydrogen) atoms. The molecule has 0 unspecified atom stereocenters. The van der Waals surface area contributed by atoms with Crippen molar-refractivity contribution in [3.8, 4) is 0 Å². The van der Waals surface area contributed by atoms with Crippen LogP contribution in [-0.2, 0) is 6.54 Å². The zero-order valence-corrected chi connectivity index (χ0v) is 7.57. The molecule has 2 rings (SSSR count). The third-order valence-electron chi connectivity index (χ3n) is 1.59. The van der Waals surface area contributed by atoms with Gasteiger partial charge in [-0.15, -0.1) is 0 Å². The smallest absolute Gasteiger partial charge is 0.259 e. The zero-order chi connectivity index (χ0) is 9.10. The Morgan fingerprint density at radius 3 is 3.00 bits per heavy atom. The summed E-state index contributed by atoms with van der Waals surface area (Å²) < 4.78 is 1.40. The van der Waals surface area contributed by atoms with Crippen molar-refractivity contribution >= 4 is 11.3 Å². The molecule has 0 fully saturated rings. The maximum absolute atomic E-state index is 11.1. The van der Waals surface area contributed by atoms with Gasteiger partial charge in [0, 0.05) is 6.20 Å². The third kappa shape index (κ3) is 1.81. The SMILES string of the molecule is O=c1scnn1Cc1ccccn1. The van der Waals surface area contributed by atoms with Crippen LogP contribution in [0.2, 0.25) is 0 Å². The molecular formula is C8H7N3OS. The van der Waals surface area contributed by atoms with Crippen LogP contribution in [-0.4, -0.2) is 14.8 Å². The summed E-state index contributed by atoms with van der Waals surface area (Å²) in [7, 11) is 0. The molecule has 0 aliphatic carbocycles. The Morgan fingerprint density at radius 2 is 2.38 bits per heavy atom. The van der Waals surface area contributed by atoms with Crippen LogP contribution in [0.5, 0.6) is 0 Å². The van der Waals surface area contributed by atoms with Crippen LogP contribution in [0, 0.1) is 0 Å². The van der Waals surface area contributed by atoms with Crippen molar-refractivity contribution in [3.63, 3.8) is 0 Å². The number of hydrogen-bond acceptors (Lipinski definition) is 4. The van der Waals surface area contributed by atoms with E-state index >= 15 is 0 Å². The van der Waals surface area contributed by atoms with Gasteiger partial charge in [0.1, 0.15) is 5.51 Å². The number of aromatic nitrogens is 3. The second kappa shape index (κ2) is 3.49. The van der Waals surface area contributed by atoms with E-state index in [4.69, 9.17) is 0 Å². The summed E-state index contributed by atoms with van der Waals surface area (Å²) in [6, 6.07) is 5.60. The van der Waals surface area contributed by atoms with Gasteiger partial charge in [-0.1, -0.05) is 17.4 Å². The lowest BCUT2D eigenvalue weighted by atomic mass is 10.3. The predicted molar refractivity (Wildman–Crippen MR) is 49.7 cm³/mol. The second-order valence-electron chi connectivity index (χ2n) is 2.48. The molecule has 0 aliphatic heterocycles. The van der Waals surface area contributed by atoms with Gasteiger partial charge in [0.05, 0.1) is 12.2 Å². The van der Waals surface area contributed by atoms with Crippen LogP contribution in [0.3, 0.4) is 0 Å². The largest absolute Gasteiger partial charge is 0.325 e. The molecule has 5 heteroatoms. The Morgan fingerprint density at radius 1 is 1.46 bits per heavy atom. The lowest BCUT2D eigenvalue weighted by Crippen LogP contribution is -2.15. The van der Waals surface area contributed by atoms with E-state index in [-0.39, 0.29) is 4.87 Å². The summed E-state index contributed by atoms with van der Waals surface area (Å²) in [5, 5.41) is 3.89. The summed E-state index contributed by atoms with van der Waals surface area (Å²) in [4.78, 5) is 15.2. The fourth-order valence-electron chi connectivity index (χ4n) is 0.984. The quantitative estimate of drug-likeness (QED) is 0.707. The average molecular weight is 193 g/mol. The van der Waals surface area contributed by atoms with E-state index in [9.17, 15) is 4.79 Å². The number of hydrogen-bond donors (Lipinski definition) is 0. The molecule has 0 radical (unpaired) electrons. The lowest BCUT2D eigenvalue weighted by Gasteiger charge is -1.97. The van der Waals surface area contributed by atoms with Crippen molar-refractivity contribution in [1.82, 2.24) is 14.8 Å². The molecule has 0 spiro atoms. The van der Waals surface area contributed by atoms with Gasteiger partial charge >= 0.3 is 4.87 Å². The molecule has 0 aliphatic rings. The van der Waals surface area contributed by atoms with Crippen molar-refractivity contribution in [2.75, 3.05) is 0 Å². The minimum atomic E-state index is -0.0503. The highest BCUT2D eigenvalue weighted by molar-refractivity contribution is 7.06. The zero-order valence-electron chi connectivity index (χ0n) is 6.75. The summed E-state index contributed by atoms with van der Waals surface area (Å²) in [6.45, 7) is 0.448. The summed E-state index contributed by atoms with van der Waals surface area (Å²) in [5.41, 5.74) is 2.38. The van der Waals surface area contributed by atoms with Crippen molar-refractivity contribution in [2.24, 2.45) is 0 Å². The predicted octanol–water partition coefficient (Wildman–Crippen LogP) is 0.748. The van der Waals surface area contributed by atoms with Crippen molar-refractivity contribution in [1.29, 1.82) is 0 Å². The van der Waals surface area contributed by atoms with Crippen molar-refractivity contribution in [3.05, 3.63) is 45.3 Å². The van der Waals surface area contributed by atoms with E-state index < -0.39 is 0 Å². The van der Waals surface area contributed by atoms with Gasteiger partial charge < -0.3 is 0 Å². The minimum Gasteiger partial charge on any atom is -0.259 e. The Hall–Kier alpha value is -1.49. The van der Waals surface area contributed by atoms with Crippen LogP contribution >= 0.6 is 11.3 Å². The second-order valence-corrected chi connectivity index (χ2v) is 3.28. The molecule has 66 valence electrons. The maximum Gasteiger partial charge on any atom is 0.325 e. The van der Waals surface area contributed by atoms with E-state index in [0.29, 0.717) is 6.54 Å². The van der Waals surface area contributed by atoms with E-state index in [1.807, 2.05) is 18.2 Å². The first-order valence-corrected chi connectivity index (χ1v) is 4.65. The highest BCUT2D eigenvalue weighted by Crippen LogP contribution is 1.95. The van der Waals surface area contributed by atoms with Gasteiger partial charge in [-0.2, -0.15) is 5.10 Å².